The number of para-hydroxylation sites is 2. The number of rotatable bonds is 7. The number of hydrogen-bond acceptors (Lipinski definition) is 5. The van der Waals surface area contributed by atoms with Crippen LogP contribution in [0.1, 0.15) is 12.5 Å². The number of nitrogens with zero attached hydrogens (tertiary/aromatic N) is 1. The number of nitriles is 1. The number of nitrogen functional groups attached to an aromatic ring is 1. The fourth-order valence-corrected chi connectivity index (χ4v) is 2.24. The van der Waals surface area contributed by atoms with E-state index in [0.717, 1.165) is 5.56 Å². The Hall–Kier alpha value is -3.39. The summed E-state index contributed by atoms with van der Waals surface area (Å²) >= 11 is 0. The number of nitrogens with one attached hydrogen (secondary N) is 1. The molecule has 0 aliphatic rings. The first-order chi connectivity index (χ1) is 12.1. The molecule has 0 saturated carbocycles. The Kier molecular flexibility index (Phi) is 6.08. The summed E-state index contributed by atoms with van der Waals surface area (Å²) < 4.78 is 10.8. The third kappa shape index (κ3) is 4.55. The first kappa shape index (κ1) is 18.0. The van der Waals surface area contributed by atoms with Crippen molar-refractivity contribution in [1.82, 2.24) is 0 Å². The standard InChI is InChI=1S/C20H21N3O2/c1-4-25-19-10-9-15(12-20(19)24-3)11-16(13-21)14(2)23-18-8-6-5-7-17(18)22/h5-12,23H,2,4,22H2,1,3H3. The lowest BCUT2D eigenvalue weighted by molar-refractivity contribution is 0.311. The molecule has 128 valence electrons. The van der Waals surface area contributed by atoms with Crippen molar-refractivity contribution in [2.45, 2.75) is 6.92 Å². The Morgan fingerprint density at radius 3 is 2.68 bits per heavy atom. The SMILES string of the molecule is C=C(Nc1ccccc1N)C(C#N)=Cc1ccc(OCC)c(OC)c1. The van der Waals surface area contributed by atoms with Crippen LogP contribution in [0.25, 0.3) is 6.08 Å². The predicted octanol–water partition coefficient (Wildman–Crippen LogP) is 4.21. The van der Waals surface area contributed by atoms with Gasteiger partial charge in [-0.05, 0) is 42.8 Å². The highest BCUT2D eigenvalue weighted by molar-refractivity contribution is 5.73. The lowest BCUT2D eigenvalue weighted by Gasteiger charge is -2.12. The molecule has 0 unspecified atom stereocenters. The molecule has 3 N–H and O–H groups in total. The molecule has 0 spiro atoms. The van der Waals surface area contributed by atoms with E-state index >= 15 is 0 Å². The first-order valence-electron chi connectivity index (χ1n) is 7.82. The number of hydrogen-bond donors (Lipinski definition) is 2. The minimum absolute atomic E-state index is 0.398. The summed E-state index contributed by atoms with van der Waals surface area (Å²) in [6.07, 6.45) is 1.73. The smallest absolute Gasteiger partial charge is 0.161 e. The topological polar surface area (TPSA) is 80.3 Å². The maximum absolute atomic E-state index is 9.46. The molecule has 0 saturated heterocycles. The van der Waals surface area contributed by atoms with Crippen molar-refractivity contribution in [3.05, 3.63) is 65.9 Å². The second-order valence-electron chi connectivity index (χ2n) is 5.20. The summed E-state index contributed by atoms with van der Waals surface area (Å²) in [4.78, 5) is 0. The summed E-state index contributed by atoms with van der Waals surface area (Å²) in [5.74, 6) is 1.27. The van der Waals surface area contributed by atoms with Gasteiger partial charge < -0.3 is 20.5 Å². The fourth-order valence-electron chi connectivity index (χ4n) is 2.24. The van der Waals surface area contributed by atoms with Crippen LogP contribution in [0.5, 0.6) is 11.5 Å². The molecule has 0 aliphatic heterocycles. The zero-order valence-electron chi connectivity index (χ0n) is 14.4. The minimum atomic E-state index is 0.398. The molecule has 2 aromatic rings. The Labute approximate surface area is 148 Å². The van der Waals surface area contributed by atoms with Crippen LogP contribution >= 0.6 is 0 Å². The van der Waals surface area contributed by atoms with Crippen molar-refractivity contribution >= 4 is 17.5 Å². The van der Waals surface area contributed by atoms with Gasteiger partial charge in [-0.25, -0.2) is 0 Å². The monoisotopic (exact) mass is 335 g/mol. The van der Waals surface area contributed by atoms with Crippen LogP contribution in [-0.4, -0.2) is 13.7 Å². The first-order valence-corrected chi connectivity index (χ1v) is 7.82. The van der Waals surface area contributed by atoms with E-state index in [2.05, 4.69) is 18.0 Å². The summed E-state index contributed by atoms with van der Waals surface area (Å²) in [6.45, 7) is 6.39. The highest BCUT2D eigenvalue weighted by atomic mass is 16.5. The number of benzene rings is 2. The number of allylic oxidation sites excluding steroid dienone is 1. The number of anilines is 2. The van der Waals surface area contributed by atoms with E-state index in [-0.39, 0.29) is 0 Å². The van der Waals surface area contributed by atoms with Crippen molar-refractivity contribution in [1.29, 1.82) is 5.26 Å². The zero-order valence-corrected chi connectivity index (χ0v) is 14.4. The van der Waals surface area contributed by atoms with Crippen LogP contribution in [0, 0.1) is 11.3 Å². The molecule has 5 heteroatoms. The second-order valence-corrected chi connectivity index (χ2v) is 5.20. The summed E-state index contributed by atoms with van der Waals surface area (Å²) in [5.41, 5.74) is 8.87. The maximum Gasteiger partial charge on any atom is 0.161 e. The molecule has 0 radical (unpaired) electrons. The van der Waals surface area contributed by atoms with E-state index in [0.29, 0.717) is 40.8 Å². The molecule has 0 heterocycles. The third-order valence-electron chi connectivity index (χ3n) is 3.49. The lowest BCUT2D eigenvalue weighted by Crippen LogP contribution is -2.03. The molecule has 0 atom stereocenters. The Balaban J connectivity index is 2.26. The van der Waals surface area contributed by atoms with Crippen LogP contribution in [0.2, 0.25) is 0 Å². The molecular weight excluding hydrogens is 314 g/mol. The Morgan fingerprint density at radius 2 is 2.04 bits per heavy atom. The molecule has 0 aliphatic carbocycles. The van der Waals surface area contributed by atoms with E-state index < -0.39 is 0 Å². The van der Waals surface area contributed by atoms with E-state index in [9.17, 15) is 5.26 Å². The summed E-state index contributed by atoms with van der Waals surface area (Å²) in [5, 5.41) is 12.5. The lowest BCUT2D eigenvalue weighted by atomic mass is 10.1. The molecule has 0 aromatic heterocycles. The van der Waals surface area contributed by atoms with Gasteiger partial charge in [-0.1, -0.05) is 24.8 Å². The highest BCUT2D eigenvalue weighted by Gasteiger charge is 2.08. The van der Waals surface area contributed by atoms with Gasteiger partial charge >= 0.3 is 0 Å². The molecule has 0 bridgehead atoms. The quantitative estimate of drug-likeness (QED) is 0.450. The average molecular weight is 335 g/mol. The van der Waals surface area contributed by atoms with Crippen molar-refractivity contribution in [3.8, 4) is 17.6 Å². The van der Waals surface area contributed by atoms with E-state index in [1.165, 1.54) is 0 Å². The molecular formula is C20H21N3O2. The van der Waals surface area contributed by atoms with Gasteiger partial charge in [-0.15, -0.1) is 0 Å². The second kappa shape index (κ2) is 8.46. The van der Waals surface area contributed by atoms with Gasteiger partial charge in [-0.3, -0.25) is 0 Å². The van der Waals surface area contributed by atoms with Gasteiger partial charge in [0.2, 0.25) is 0 Å². The van der Waals surface area contributed by atoms with Crippen molar-refractivity contribution in [3.63, 3.8) is 0 Å². The van der Waals surface area contributed by atoms with Crippen LogP contribution < -0.4 is 20.5 Å². The fraction of sp³-hybridized carbons (Fsp3) is 0.150. The van der Waals surface area contributed by atoms with Crippen LogP contribution in [0.4, 0.5) is 11.4 Å². The number of methoxy groups -OCH3 is 1. The van der Waals surface area contributed by atoms with Crippen molar-refractivity contribution < 1.29 is 9.47 Å². The summed E-state index contributed by atoms with van der Waals surface area (Å²) in [7, 11) is 1.58. The van der Waals surface area contributed by atoms with Gasteiger partial charge in [0, 0.05) is 5.70 Å². The van der Waals surface area contributed by atoms with Crippen LogP contribution in [0.3, 0.4) is 0 Å². The molecule has 0 fully saturated rings. The summed E-state index contributed by atoms with van der Waals surface area (Å²) in [6, 6.07) is 14.9. The van der Waals surface area contributed by atoms with Crippen LogP contribution in [-0.2, 0) is 0 Å². The number of ether oxygens (including phenoxy) is 2. The normalized spacial score (nSPS) is 10.7. The van der Waals surface area contributed by atoms with Crippen molar-refractivity contribution in [2.75, 3.05) is 24.8 Å². The molecule has 25 heavy (non-hydrogen) atoms. The van der Waals surface area contributed by atoms with Crippen molar-refractivity contribution in [2.24, 2.45) is 0 Å². The molecule has 0 amide bonds. The minimum Gasteiger partial charge on any atom is -0.493 e. The largest absolute Gasteiger partial charge is 0.493 e. The van der Waals surface area contributed by atoms with Gasteiger partial charge in [0.1, 0.15) is 6.07 Å². The van der Waals surface area contributed by atoms with Gasteiger partial charge in [0.15, 0.2) is 11.5 Å². The average Bonchev–Trinajstić information content (AvgIpc) is 2.62. The van der Waals surface area contributed by atoms with E-state index in [4.69, 9.17) is 15.2 Å². The molecule has 2 aromatic carbocycles. The van der Waals surface area contributed by atoms with Crippen LogP contribution in [0.15, 0.2) is 60.3 Å². The van der Waals surface area contributed by atoms with E-state index in [1.54, 1.807) is 19.3 Å². The maximum atomic E-state index is 9.46. The number of nitrogens with two attached hydrogens (primary N) is 1. The third-order valence-corrected chi connectivity index (χ3v) is 3.49. The Bertz CT molecular complexity index is 835. The molecule has 5 nitrogen and oxygen atoms in total. The highest BCUT2D eigenvalue weighted by Crippen LogP contribution is 2.29. The van der Waals surface area contributed by atoms with E-state index in [1.807, 2.05) is 43.3 Å². The van der Waals surface area contributed by atoms with Gasteiger partial charge in [-0.2, -0.15) is 5.26 Å². The van der Waals surface area contributed by atoms with Gasteiger partial charge in [0.05, 0.1) is 30.7 Å². The Morgan fingerprint density at radius 1 is 1.28 bits per heavy atom. The zero-order chi connectivity index (χ0) is 18.2. The predicted molar refractivity (Wildman–Crippen MR) is 101 cm³/mol. The molecule has 2 rings (SSSR count). The van der Waals surface area contributed by atoms with Gasteiger partial charge in [0.25, 0.3) is 0 Å².